The van der Waals surface area contributed by atoms with Crippen molar-refractivity contribution in [1.29, 1.82) is 0 Å². The molecule has 0 spiro atoms. The molecule has 1 aliphatic heterocycles. The van der Waals surface area contributed by atoms with Gasteiger partial charge in [-0.15, -0.1) is 0 Å². The fraction of sp³-hybridized carbons (Fsp3) is 0.600. The number of carbonyl (C=O) groups is 2. The van der Waals surface area contributed by atoms with Gasteiger partial charge in [-0.25, -0.2) is 0 Å². The zero-order chi connectivity index (χ0) is 19.2. The van der Waals surface area contributed by atoms with E-state index in [1.54, 1.807) is 13.2 Å². The van der Waals surface area contributed by atoms with Gasteiger partial charge in [0, 0.05) is 25.8 Å². The Labute approximate surface area is 155 Å². The molecule has 1 heterocycles. The third-order valence-corrected chi connectivity index (χ3v) is 4.18. The normalized spacial score (nSPS) is 17.2. The number of anilines is 1. The summed E-state index contributed by atoms with van der Waals surface area (Å²) in [6.07, 6.45) is 2.11. The largest absolute Gasteiger partial charge is 0.489 e. The van der Waals surface area contributed by atoms with Crippen LogP contribution in [0.1, 0.15) is 44.0 Å². The predicted octanol–water partition coefficient (Wildman–Crippen LogP) is 3.08. The van der Waals surface area contributed by atoms with Crippen molar-refractivity contribution >= 4 is 17.9 Å². The summed E-state index contributed by atoms with van der Waals surface area (Å²) in [7, 11) is 1.62. The summed E-state index contributed by atoms with van der Waals surface area (Å²) in [6, 6.07) is 5.45. The number of nitrogens with zero attached hydrogens (tertiary/aromatic N) is 1. The second-order valence-corrected chi connectivity index (χ2v) is 7.54. The van der Waals surface area contributed by atoms with Crippen molar-refractivity contribution in [3.63, 3.8) is 0 Å². The first-order valence-corrected chi connectivity index (χ1v) is 9.00. The van der Waals surface area contributed by atoms with Gasteiger partial charge < -0.3 is 19.1 Å². The standard InChI is InChI=1S/C20H29NO5/c1-20(2,3)26-18(23)12-15-8-9-21(13-15)19-16(14-22)6-5-7-17(19)25-11-10-24-4/h5-7,14-15H,8-13H2,1-4H3/t15-/m1/s1. The van der Waals surface area contributed by atoms with Crippen LogP contribution in [-0.2, 0) is 14.3 Å². The molecule has 0 aliphatic carbocycles. The highest BCUT2D eigenvalue weighted by Crippen LogP contribution is 2.36. The summed E-state index contributed by atoms with van der Waals surface area (Å²) in [5.41, 5.74) is 0.921. The lowest BCUT2D eigenvalue weighted by molar-refractivity contribution is -0.155. The summed E-state index contributed by atoms with van der Waals surface area (Å²) >= 11 is 0. The number of ether oxygens (including phenoxy) is 3. The van der Waals surface area contributed by atoms with E-state index >= 15 is 0 Å². The van der Waals surface area contributed by atoms with Gasteiger partial charge in [0.15, 0.2) is 6.29 Å². The van der Waals surface area contributed by atoms with Gasteiger partial charge in [-0.3, -0.25) is 9.59 Å². The van der Waals surface area contributed by atoms with E-state index in [-0.39, 0.29) is 11.9 Å². The molecule has 6 nitrogen and oxygen atoms in total. The molecule has 0 amide bonds. The Morgan fingerprint density at radius 2 is 2.08 bits per heavy atom. The number of para-hydroxylation sites is 1. The molecule has 0 aromatic heterocycles. The average molecular weight is 363 g/mol. The summed E-state index contributed by atoms with van der Waals surface area (Å²) in [5, 5.41) is 0. The van der Waals surface area contributed by atoms with Crippen molar-refractivity contribution in [2.24, 2.45) is 5.92 Å². The van der Waals surface area contributed by atoms with Crippen molar-refractivity contribution < 1.29 is 23.8 Å². The zero-order valence-corrected chi connectivity index (χ0v) is 16.1. The van der Waals surface area contributed by atoms with Crippen LogP contribution in [0.15, 0.2) is 18.2 Å². The van der Waals surface area contributed by atoms with Gasteiger partial charge in [-0.2, -0.15) is 0 Å². The Hall–Kier alpha value is -2.08. The Balaban J connectivity index is 2.07. The first-order valence-electron chi connectivity index (χ1n) is 9.00. The van der Waals surface area contributed by atoms with E-state index in [4.69, 9.17) is 14.2 Å². The minimum atomic E-state index is -0.470. The van der Waals surface area contributed by atoms with Crippen LogP contribution in [0.25, 0.3) is 0 Å². The molecule has 0 bridgehead atoms. The van der Waals surface area contributed by atoms with Crippen LogP contribution in [0, 0.1) is 5.92 Å². The number of hydrogen-bond donors (Lipinski definition) is 0. The summed E-state index contributed by atoms with van der Waals surface area (Å²) < 4.78 is 16.2. The highest BCUT2D eigenvalue weighted by molar-refractivity contribution is 5.87. The Morgan fingerprint density at radius 1 is 1.31 bits per heavy atom. The maximum absolute atomic E-state index is 12.1. The lowest BCUT2D eigenvalue weighted by Gasteiger charge is -2.24. The van der Waals surface area contributed by atoms with Crippen molar-refractivity contribution in [1.82, 2.24) is 0 Å². The lowest BCUT2D eigenvalue weighted by atomic mass is 10.0. The minimum Gasteiger partial charge on any atom is -0.489 e. The van der Waals surface area contributed by atoms with Crippen LogP contribution >= 0.6 is 0 Å². The second-order valence-electron chi connectivity index (χ2n) is 7.54. The molecule has 1 saturated heterocycles. The quantitative estimate of drug-likeness (QED) is 0.402. The maximum atomic E-state index is 12.1. The second kappa shape index (κ2) is 9.03. The molecular weight excluding hydrogens is 334 g/mol. The topological polar surface area (TPSA) is 65.1 Å². The van der Waals surface area contributed by atoms with E-state index < -0.39 is 5.60 Å². The fourth-order valence-electron chi connectivity index (χ4n) is 3.15. The van der Waals surface area contributed by atoms with Crippen molar-refractivity contribution in [3.8, 4) is 5.75 Å². The van der Waals surface area contributed by atoms with Gasteiger partial charge >= 0.3 is 5.97 Å². The summed E-state index contributed by atoms with van der Waals surface area (Å²) in [5.74, 6) is 0.700. The van der Waals surface area contributed by atoms with Crippen LogP contribution in [0.4, 0.5) is 5.69 Å². The predicted molar refractivity (Wildman–Crippen MR) is 100.0 cm³/mol. The molecule has 1 aliphatic rings. The molecule has 0 radical (unpaired) electrons. The van der Waals surface area contributed by atoms with E-state index in [9.17, 15) is 9.59 Å². The Morgan fingerprint density at radius 3 is 2.73 bits per heavy atom. The number of hydrogen-bond acceptors (Lipinski definition) is 6. The maximum Gasteiger partial charge on any atom is 0.306 e. The minimum absolute atomic E-state index is 0.176. The van der Waals surface area contributed by atoms with Crippen LogP contribution in [0.3, 0.4) is 0 Å². The van der Waals surface area contributed by atoms with Crippen molar-refractivity contribution in [3.05, 3.63) is 23.8 Å². The average Bonchev–Trinajstić information content (AvgIpc) is 3.00. The first kappa shape index (κ1) is 20.2. The number of methoxy groups -OCH3 is 1. The molecule has 1 aromatic carbocycles. The molecule has 1 atom stereocenters. The monoisotopic (exact) mass is 363 g/mol. The molecule has 1 aromatic rings. The first-order chi connectivity index (χ1) is 12.3. The van der Waals surface area contributed by atoms with E-state index in [0.717, 1.165) is 24.9 Å². The molecular formula is C20H29NO5. The molecule has 144 valence electrons. The molecule has 26 heavy (non-hydrogen) atoms. The third kappa shape index (κ3) is 5.73. The van der Waals surface area contributed by atoms with Gasteiger partial charge in [-0.05, 0) is 45.2 Å². The van der Waals surface area contributed by atoms with Gasteiger partial charge in [0.05, 0.1) is 18.7 Å². The molecule has 0 unspecified atom stereocenters. The highest BCUT2D eigenvalue weighted by atomic mass is 16.6. The number of rotatable bonds is 8. The van der Waals surface area contributed by atoms with E-state index in [0.29, 0.717) is 37.5 Å². The number of esters is 1. The van der Waals surface area contributed by atoms with Gasteiger partial charge in [0.2, 0.25) is 0 Å². The lowest BCUT2D eigenvalue weighted by Crippen LogP contribution is -2.26. The third-order valence-electron chi connectivity index (χ3n) is 4.18. The number of carbonyl (C=O) groups excluding carboxylic acids is 2. The van der Waals surface area contributed by atoms with Gasteiger partial charge in [0.1, 0.15) is 18.0 Å². The van der Waals surface area contributed by atoms with Crippen LogP contribution in [-0.4, -0.2) is 51.3 Å². The Kier molecular flexibility index (Phi) is 7.03. The number of aldehydes is 1. The van der Waals surface area contributed by atoms with E-state index in [1.165, 1.54) is 0 Å². The van der Waals surface area contributed by atoms with Crippen LogP contribution < -0.4 is 9.64 Å². The summed E-state index contributed by atoms with van der Waals surface area (Å²) in [6.45, 7) is 7.98. The molecule has 1 fully saturated rings. The molecule has 0 N–H and O–H groups in total. The van der Waals surface area contributed by atoms with E-state index in [1.807, 2.05) is 32.9 Å². The Bertz CT molecular complexity index is 623. The SMILES string of the molecule is COCCOc1cccc(C=O)c1N1CC[C@H](CC(=O)OC(C)(C)C)C1. The fourth-order valence-corrected chi connectivity index (χ4v) is 3.15. The number of benzene rings is 1. The van der Waals surface area contributed by atoms with E-state index in [2.05, 4.69) is 4.90 Å². The van der Waals surface area contributed by atoms with Crippen molar-refractivity contribution in [2.75, 3.05) is 38.3 Å². The smallest absolute Gasteiger partial charge is 0.306 e. The van der Waals surface area contributed by atoms with Crippen LogP contribution in [0.5, 0.6) is 5.75 Å². The van der Waals surface area contributed by atoms with Crippen molar-refractivity contribution in [2.45, 2.75) is 39.2 Å². The molecule has 0 saturated carbocycles. The zero-order valence-electron chi connectivity index (χ0n) is 16.1. The van der Waals surface area contributed by atoms with Crippen LogP contribution in [0.2, 0.25) is 0 Å². The molecule has 6 heteroatoms. The molecule has 2 rings (SSSR count). The van der Waals surface area contributed by atoms with Gasteiger partial charge in [-0.1, -0.05) is 6.07 Å². The summed E-state index contributed by atoms with van der Waals surface area (Å²) in [4.78, 5) is 25.7. The van der Waals surface area contributed by atoms with Gasteiger partial charge in [0.25, 0.3) is 0 Å². The highest BCUT2D eigenvalue weighted by Gasteiger charge is 2.29.